The van der Waals surface area contributed by atoms with Gasteiger partial charge in [-0.05, 0) is 25.0 Å². The van der Waals surface area contributed by atoms with Crippen molar-refractivity contribution in [2.75, 3.05) is 45.8 Å². The fraction of sp³-hybridized carbons (Fsp3) is 0.360. The van der Waals surface area contributed by atoms with E-state index in [0.717, 1.165) is 37.2 Å². The maximum absolute atomic E-state index is 13.3. The monoisotopic (exact) mass is 444 g/mol. The molecule has 0 spiro atoms. The van der Waals surface area contributed by atoms with E-state index in [0.29, 0.717) is 38.5 Å². The average molecular weight is 445 g/mol. The van der Waals surface area contributed by atoms with Crippen LogP contribution >= 0.6 is 0 Å². The zero-order valence-corrected chi connectivity index (χ0v) is 18.6. The molecule has 1 aromatic heterocycles. The van der Waals surface area contributed by atoms with Crippen molar-refractivity contribution in [1.29, 1.82) is 0 Å². The molecule has 0 N–H and O–H groups in total. The Morgan fingerprint density at radius 1 is 0.758 bits per heavy atom. The van der Waals surface area contributed by atoms with Gasteiger partial charge in [-0.1, -0.05) is 48.5 Å². The van der Waals surface area contributed by atoms with Gasteiger partial charge in [0, 0.05) is 44.8 Å². The molecule has 8 nitrogen and oxygen atoms in total. The molecule has 0 radical (unpaired) electrons. The van der Waals surface area contributed by atoms with Crippen molar-refractivity contribution in [2.45, 2.75) is 12.8 Å². The second-order valence-electron chi connectivity index (χ2n) is 8.53. The Labute approximate surface area is 193 Å². The third kappa shape index (κ3) is 4.66. The summed E-state index contributed by atoms with van der Waals surface area (Å²) in [5.41, 5.74) is 1.76. The molecule has 2 amide bonds. The first-order valence-corrected chi connectivity index (χ1v) is 11.6. The molecule has 3 aromatic rings. The largest absolute Gasteiger partial charge is 0.342 e. The highest BCUT2D eigenvalue weighted by molar-refractivity contribution is 5.91. The number of rotatable bonds is 5. The summed E-state index contributed by atoms with van der Waals surface area (Å²) in [6, 6.07) is 19.5. The van der Waals surface area contributed by atoms with Gasteiger partial charge in [-0.15, -0.1) is 5.10 Å². The standard InChI is InChI=1S/C25H28N6O2/c32-22(29-13-7-8-14-29)19-28-15-17-30(18-16-28)25(33)23-26-24(20-9-3-1-4-10-20)31(27-23)21-11-5-2-6-12-21/h1-6,9-12H,7-8,13-19H2. The van der Waals surface area contributed by atoms with Crippen LogP contribution in [0, 0.1) is 0 Å². The highest BCUT2D eigenvalue weighted by Crippen LogP contribution is 2.22. The molecule has 0 bridgehead atoms. The predicted molar refractivity (Wildman–Crippen MR) is 125 cm³/mol. The summed E-state index contributed by atoms with van der Waals surface area (Å²) in [4.78, 5) is 36.2. The van der Waals surface area contributed by atoms with Gasteiger partial charge in [-0.25, -0.2) is 9.67 Å². The van der Waals surface area contributed by atoms with Gasteiger partial charge in [0.25, 0.3) is 5.91 Å². The van der Waals surface area contributed by atoms with Gasteiger partial charge in [-0.3, -0.25) is 14.5 Å². The van der Waals surface area contributed by atoms with Crippen molar-refractivity contribution < 1.29 is 9.59 Å². The first-order valence-electron chi connectivity index (χ1n) is 11.6. The van der Waals surface area contributed by atoms with Crippen LogP contribution in [0.2, 0.25) is 0 Å². The molecule has 170 valence electrons. The van der Waals surface area contributed by atoms with Crippen molar-refractivity contribution >= 4 is 11.8 Å². The van der Waals surface area contributed by atoms with Crippen LogP contribution < -0.4 is 0 Å². The van der Waals surface area contributed by atoms with Crippen molar-refractivity contribution in [3.63, 3.8) is 0 Å². The Morgan fingerprint density at radius 2 is 1.39 bits per heavy atom. The molecule has 2 aliphatic rings. The molecular weight excluding hydrogens is 416 g/mol. The molecule has 2 saturated heterocycles. The smallest absolute Gasteiger partial charge is 0.293 e. The lowest BCUT2D eigenvalue weighted by Gasteiger charge is -2.34. The van der Waals surface area contributed by atoms with E-state index in [2.05, 4.69) is 15.0 Å². The van der Waals surface area contributed by atoms with Crippen LogP contribution in [-0.2, 0) is 4.79 Å². The van der Waals surface area contributed by atoms with Gasteiger partial charge in [0.1, 0.15) is 0 Å². The summed E-state index contributed by atoms with van der Waals surface area (Å²) in [5.74, 6) is 0.856. The fourth-order valence-electron chi connectivity index (χ4n) is 4.43. The molecule has 0 saturated carbocycles. The van der Waals surface area contributed by atoms with E-state index < -0.39 is 0 Å². The normalized spacial score (nSPS) is 16.8. The van der Waals surface area contributed by atoms with Crippen molar-refractivity contribution in [3.8, 4) is 17.1 Å². The van der Waals surface area contributed by atoms with Crippen molar-refractivity contribution in [1.82, 2.24) is 29.5 Å². The van der Waals surface area contributed by atoms with Gasteiger partial charge in [-0.2, -0.15) is 0 Å². The number of piperazine rings is 1. The molecule has 0 atom stereocenters. The molecule has 5 rings (SSSR count). The quantitative estimate of drug-likeness (QED) is 0.604. The van der Waals surface area contributed by atoms with Gasteiger partial charge in [0.2, 0.25) is 11.7 Å². The third-order valence-corrected chi connectivity index (χ3v) is 6.31. The third-order valence-electron chi connectivity index (χ3n) is 6.31. The lowest BCUT2D eigenvalue weighted by atomic mass is 10.2. The van der Waals surface area contributed by atoms with Crippen LogP contribution in [0.3, 0.4) is 0 Å². The van der Waals surface area contributed by atoms with Crippen LogP contribution in [0.25, 0.3) is 17.1 Å². The summed E-state index contributed by atoms with van der Waals surface area (Å²) in [6.07, 6.45) is 2.20. The summed E-state index contributed by atoms with van der Waals surface area (Å²) in [5, 5.41) is 4.59. The Balaban J connectivity index is 1.30. The van der Waals surface area contributed by atoms with E-state index in [4.69, 9.17) is 0 Å². The number of hydrogen-bond acceptors (Lipinski definition) is 5. The summed E-state index contributed by atoms with van der Waals surface area (Å²) in [7, 11) is 0. The zero-order chi connectivity index (χ0) is 22.6. The molecule has 2 aliphatic heterocycles. The van der Waals surface area contributed by atoms with Gasteiger partial charge in [0.05, 0.1) is 12.2 Å². The highest BCUT2D eigenvalue weighted by atomic mass is 16.2. The van der Waals surface area contributed by atoms with Crippen LogP contribution in [0.15, 0.2) is 60.7 Å². The minimum atomic E-state index is -0.174. The average Bonchev–Trinajstić information content (AvgIpc) is 3.56. The van der Waals surface area contributed by atoms with E-state index in [1.165, 1.54) is 0 Å². The van der Waals surface area contributed by atoms with Crippen molar-refractivity contribution in [3.05, 3.63) is 66.5 Å². The summed E-state index contributed by atoms with van der Waals surface area (Å²) < 4.78 is 1.73. The minimum absolute atomic E-state index is 0.174. The molecule has 8 heteroatoms. The number of nitrogens with zero attached hydrogens (tertiary/aromatic N) is 6. The maximum atomic E-state index is 13.3. The lowest BCUT2D eigenvalue weighted by molar-refractivity contribution is -0.131. The predicted octanol–water partition coefficient (Wildman–Crippen LogP) is 2.31. The van der Waals surface area contributed by atoms with E-state index in [1.807, 2.05) is 65.6 Å². The Kier molecular flexibility index (Phi) is 6.17. The molecule has 2 aromatic carbocycles. The maximum Gasteiger partial charge on any atom is 0.293 e. The van der Waals surface area contributed by atoms with Crippen LogP contribution in [-0.4, -0.2) is 87.1 Å². The zero-order valence-electron chi connectivity index (χ0n) is 18.6. The molecule has 33 heavy (non-hydrogen) atoms. The minimum Gasteiger partial charge on any atom is -0.342 e. The first-order chi connectivity index (χ1) is 16.2. The van der Waals surface area contributed by atoms with E-state index in [-0.39, 0.29) is 17.6 Å². The van der Waals surface area contributed by atoms with Crippen LogP contribution in [0.5, 0.6) is 0 Å². The van der Waals surface area contributed by atoms with Gasteiger partial charge < -0.3 is 9.80 Å². The van der Waals surface area contributed by atoms with Crippen LogP contribution in [0.1, 0.15) is 23.5 Å². The number of hydrogen-bond donors (Lipinski definition) is 0. The Bertz CT molecular complexity index is 1040. The van der Waals surface area contributed by atoms with Gasteiger partial charge >= 0.3 is 0 Å². The molecule has 2 fully saturated rings. The Morgan fingerprint density at radius 3 is 2.06 bits per heavy atom. The van der Waals surface area contributed by atoms with Gasteiger partial charge in [0.15, 0.2) is 5.82 Å². The molecule has 0 unspecified atom stereocenters. The number of carbonyl (C=O) groups excluding carboxylic acids is 2. The number of benzene rings is 2. The summed E-state index contributed by atoms with van der Waals surface area (Å²) in [6.45, 7) is 4.65. The number of amides is 2. The summed E-state index contributed by atoms with van der Waals surface area (Å²) >= 11 is 0. The molecule has 0 aliphatic carbocycles. The second kappa shape index (κ2) is 9.54. The number of para-hydroxylation sites is 1. The topological polar surface area (TPSA) is 74.6 Å². The number of aromatic nitrogens is 3. The number of carbonyl (C=O) groups is 2. The number of likely N-dealkylation sites (tertiary alicyclic amines) is 1. The molecular formula is C25H28N6O2. The van der Waals surface area contributed by atoms with E-state index in [1.54, 1.807) is 9.58 Å². The highest BCUT2D eigenvalue weighted by Gasteiger charge is 2.28. The van der Waals surface area contributed by atoms with Crippen LogP contribution in [0.4, 0.5) is 0 Å². The Hall–Kier alpha value is -3.52. The SMILES string of the molecule is O=C(CN1CCN(C(=O)c2nc(-c3ccccc3)n(-c3ccccc3)n2)CC1)N1CCCC1. The first kappa shape index (κ1) is 21.3. The second-order valence-corrected chi connectivity index (χ2v) is 8.53. The van der Waals surface area contributed by atoms with E-state index in [9.17, 15) is 9.59 Å². The van der Waals surface area contributed by atoms with E-state index >= 15 is 0 Å². The van der Waals surface area contributed by atoms with Crippen molar-refractivity contribution in [2.24, 2.45) is 0 Å². The lowest BCUT2D eigenvalue weighted by Crippen LogP contribution is -2.51. The fourth-order valence-corrected chi connectivity index (χ4v) is 4.43. The molecule has 3 heterocycles.